The molecule has 3 amide bonds. The van der Waals surface area contributed by atoms with Crippen molar-refractivity contribution in [3.05, 3.63) is 18.2 Å². The molecule has 13 heteroatoms. The van der Waals surface area contributed by atoms with Crippen LogP contribution in [0.25, 0.3) is 0 Å². The Hall–Kier alpha value is -2.64. The van der Waals surface area contributed by atoms with Crippen molar-refractivity contribution in [2.75, 3.05) is 18.6 Å². The van der Waals surface area contributed by atoms with Gasteiger partial charge in [-0.2, -0.15) is 11.8 Å². The van der Waals surface area contributed by atoms with Gasteiger partial charge >= 0.3 is 5.97 Å². The molecular formula is C22H39N7O5S. The van der Waals surface area contributed by atoms with E-state index >= 15 is 0 Å². The number of aromatic amines is 1. The third-order valence-electron chi connectivity index (χ3n) is 5.39. The van der Waals surface area contributed by atoms with Crippen molar-refractivity contribution in [2.24, 2.45) is 17.4 Å². The highest BCUT2D eigenvalue weighted by Gasteiger charge is 2.31. The molecule has 0 aliphatic rings. The van der Waals surface area contributed by atoms with Crippen LogP contribution in [-0.4, -0.2) is 81.5 Å². The Morgan fingerprint density at radius 2 is 1.74 bits per heavy atom. The summed E-state index contributed by atoms with van der Waals surface area (Å²) < 4.78 is 0. The number of carboxylic acid groups (broad SMARTS) is 1. The quantitative estimate of drug-likeness (QED) is 0.132. The molecule has 1 rings (SSSR count). The summed E-state index contributed by atoms with van der Waals surface area (Å²) in [5, 5.41) is 17.4. The van der Waals surface area contributed by atoms with Crippen LogP contribution in [0.15, 0.2) is 12.5 Å². The number of nitrogens with zero attached hydrogens (tertiary/aromatic N) is 1. The van der Waals surface area contributed by atoms with Crippen LogP contribution in [0.5, 0.6) is 0 Å². The Kier molecular flexibility index (Phi) is 14.0. The molecule has 0 radical (unpaired) electrons. The highest BCUT2D eigenvalue weighted by molar-refractivity contribution is 7.98. The highest BCUT2D eigenvalue weighted by atomic mass is 32.2. The SMILES string of the molecule is CSCCC(NC(=O)C(NC(=O)C(N)CCCCN)C(C)C)C(=O)NC(Cc1cnc[nH]1)C(=O)O. The molecule has 1 aromatic rings. The molecule has 4 unspecified atom stereocenters. The Labute approximate surface area is 210 Å². The first-order chi connectivity index (χ1) is 16.6. The summed E-state index contributed by atoms with van der Waals surface area (Å²) in [6.45, 7) is 4.05. The normalized spacial score (nSPS) is 14.6. The number of imidazole rings is 1. The van der Waals surface area contributed by atoms with Crippen molar-refractivity contribution < 1.29 is 24.3 Å². The Balaban J connectivity index is 2.87. The predicted molar refractivity (Wildman–Crippen MR) is 134 cm³/mol. The van der Waals surface area contributed by atoms with Gasteiger partial charge in [-0.15, -0.1) is 0 Å². The fraction of sp³-hybridized carbons (Fsp3) is 0.682. The van der Waals surface area contributed by atoms with Crippen LogP contribution in [0.1, 0.15) is 45.2 Å². The van der Waals surface area contributed by atoms with Gasteiger partial charge in [0, 0.05) is 18.3 Å². The van der Waals surface area contributed by atoms with Crippen LogP contribution in [0.2, 0.25) is 0 Å². The number of aliphatic carboxylic acids is 1. The third-order valence-corrected chi connectivity index (χ3v) is 6.03. The maximum absolute atomic E-state index is 13.1. The Morgan fingerprint density at radius 3 is 2.29 bits per heavy atom. The van der Waals surface area contributed by atoms with Crippen LogP contribution < -0.4 is 27.4 Å². The van der Waals surface area contributed by atoms with Gasteiger partial charge in [0.2, 0.25) is 17.7 Å². The number of aromatic nitrogens is 2. The van der Waals surface area contributed by atoms with E-state index in [-0.39, 0.29) is 18.8 Å². The average molecular weight is 514 g/mol. The summed E-state index contributed by atoms with van der Waals surface area (Å²) in [5.41, 5.74) is 12.0. The molecule has 0 saturated carbocycles. The molecule has 12 nitrogen and oxygen atoms in total. The lowest BCUT2D eigenvalue weighted by atomic mass is 10.0. The number of H-pyrrole nitrogens is 1. The first-order valence-electron chi connectivity index (χ1n) is 11.7. The molecule has 0 aliphatic heterocycles. The van der Waals surface area contributed by atoms with Gasteiger partial charge in [-0.3, -0.25) is 14.4 Å². The second-order valence-electron chi connectivity index (χ2n) is 8.64. The lowest BCUT2D eigenvalue weighted by Crippen LogP contribution is -2.58. The largest absolute Gasteiger partial charge is 0.480 e. The lowest BCUT2D eigenvalue weighted by molar-refractivity contribution is -0.142. The van der Waals surface area contributed by atoms with Gasteiger partial charge in [0.05, 0.1) is 12.4 Å². The lowest BCUT2D eigenvalue weighted by Gasteiger charge is -2.27. The van der Waals surface area contributed by atoms with E-state index in [1.807, 2.05) is 6.26 Å². The number of hydrogen-bond acceptors (Lipinski definition) is 8. The molecule has 35 heavy (non-hydrogen) atoms. The molecule has 198 valence electrons. The van der Waals surface area contributed by atoms with E-state index in [0.29, 0.717) is 30.8 Å². The van der Waals surface area contributed by atoms with E-state index in [9.17, 15) is 24.3 Å². The second kappa shape index (κ2) is 16.1. The number of nitrogens with two attached hydrogens (primary N) is 2. The zero-order valence-corrected chi connectivity index (χ0v) is 21.4. The minimum Gasteiger partial charge on any atom is -0.480 e. The van der Waals surface area contributed by atoms with Crippen molar-refractivity contribution in [2.45, 2.75) is 70.1 Å². The van der Waals surface area contributed by atoms with Gasteiger partial charge in [-0.1, -0.05) is 20.3 Å². The van der Waals surface area contributed by atoms with E-state index in [1.54, 1.807) is 13.8 Å². The monoisotopic (exact) mass is 513 g/mol. The first kappa shape index (κ1) is 30.4. The van der Waals surface area contributed by atoms with Crippen molar-refractivity contribution in [1.29, 1.82) is 0 Å². The van der Waals surface area contributed by atoms with Crippen LogP contribution in [-0.2, 0) is 25.6 Å². The van der Waals surface area contributed by atoms with Crippen molar-refractivity contribution in [3.8, 4) is 0 Å². The smallest absolute Gasteiger partial charge is 0.326 e. The van der Waals surface area contributed by atoms with Gasteiger partial charge in [0.15, 0.2) is 0 Å². The molecule has 0 bridgehead atoms. The molecule has 9 N–H and O–H groups in total. The summed E-state index contributed by atoms with van der Waals surface area (Å²) in [6, 6.07) is -3.86. The Morgan fingerprint density at radius 1 is 1.06 bits per heavy atom. The standard InChI is InChI=1S/C22H39N7O5S/c1-13(2)18(29-19(30)15(24)6-4-5-8-23)21(32)27-16(7-9-35-3)20(31)28-17(22(33)34)10-14-11-25-12-26-14/h11-13,15-18H,4-10,23-24H2,1-3H3,(H,25,26)(H,27,32)(H,28,31)(H,29,30)(H,33,34). The first-order valence-corrected chi connectivity index (χ1v) is 13.1. The molecule has 0 spiro atoms. The summed E-state index contributed by atoms with van der Waals surface area (Å²) in [7, 11) is 0. The average Bonchev–Trinajstić information content (AvgIpc) is 3.32. The third kappa shape index (κ3) is 11.1. The van der Waals surface area contributed by atoms with E-state index in [4.69, 9.17) is 11.5 Å². The fourth-order valence-electron chi connectivity index (χ4n) is 3.29. The van der Waals surface area contributed by atoms with Crippen molar-refractivity contribution in [1.82, 2.24) is 25.9 Å². The van der Waals surface area contributed by atoms with E-state index in [1.165, 1.54) is 24.3 Å². The number of thioether (sulfide) groups is 1. The van der Waals surface area contributed by atoms with Crippen LogP contribution in [0, 0.1) is 5.92 Å². The van der Waals surface area contributed by atoms with Gasteiger partial charge < -0.3 is 37.5 Å². The predicted octanol–water partition coefficient (Wildman–Crippen LogP) is -0.643. The van der Waals surface area contributed by atoms with Crippen molar-refractivity contribution in [3.63, 3.8) is 0 Å². The summed E-state index contributed by atoms with van der Waals surface area (Å²) in [5.74, 6) is -2.53. The number of nitrogens with one attached hydrogen (secondary N) is 4. The molecule has 0 saturated heterocycles. The van der Waals surface area contributed by atoms with E-state index in [0.717, 1.165) is 6.42 Å². The molecule has 1 heterocycles. The molecule has 4 atom stereocenters. The zero-order chi connectivity index (χ0) is 26.4. The number of amides is 3. The number of rotatable bonds is 17. The summed E-state index contributed by atoms with van der Waals surface area (Å²) >= 11 is 1.49. The van der Waals surface area contributed by atoms with Crippen LogP contribution in [0.4, 0.5) is 0 Å². The van der Waals surface area contributed by atoms with Crippen LogP contribution >= 0.6 is 11.8 Å². The van der Waals surface area contributed by atoms with Gasteiger partial charge in [0.1, 0.15) is 18.1 Å². The second-order valence-corrected chi connectivity index (χ2v) is 9.63. The molecule has 0 fully saturated rings. The number of carbonyl (C=O) groups is 4. The molecule has 1 aromatic heterocycles. The van der Waals surface area contributed by atoms with E-state index in [2.05, 4.69) is 25.9 Å². The van der Waals surface area contributed by atoms with Crippen LogP contribution in [0.3, 0.4) is 0 Å². The van der Waals surface area contributed by atoms with Crippen molar-refractivity contribution >= 4 is 35.5 Å². The van der Waals surface area contributed by atoms with Gasteiger partial charge in [-0.05, 0) is 43.7 Å². The van der Waals surface area contributed by atoms with E-state index < -0.39 is 47.9 Å². The fourth-order valence-corrected chi connectivity index (χ4v) is 3.76. The number of carbonyl (C=O) groups excluding carboxylic acids is 3. The zero-order valence-electron chi connectivity index (χ0n) is 20.6. The minimum absolute atomic E-state index is 0.0109. The minimum atomic E-state index is -1.21. The van der Waals surface area contributed by atoms with Gasteiger partial charge in [-0.25, -0.2) is 9.78 Å². The number of unbranched alkanes of at least 4 members (excludes halogenated alkanes) is 1. The number of carboxylic acids is 1. The maximum Gasteiger partial charge on any atom is 0.326 e. The molecule has 0 aromatic carbocycles. The molecule has 0 aliphatic carbocycles. The Bertz CT molecular complexity index is 806. The maximum atomic E-state index is 13.1. The molecular weight excluding hydrogens is 474 g/mol. The highest BCUT2D eigenvalue weighted by Crippen LogP contribution is 2.08. The summed E-state index contributed by atoms with van der Waals surface area (Å²) in [6.07, 6.45) is 6.94. The summed E-state index contributed by atoms with van der Waals surface area (Å²) in [4.78, 5) is 56.9. The van der Waals surface area contributed by atoms with Gasteiger partial charge in [0.25, 0.3) is 0 Å². The topological polar surface area (TPSA) is 205 Å². The number of hydrogen-bond donors (Lipinski definition) is 7.